The van der Waals surface area contributed by atoms with Crippen LogP contribution in [0.25, 0.3) is 0 Å². The van der Waals surface area contributed by atoms with E-state index in [4.69, 9.17) is 9.47 Å². The van der Waals surface area contributed by atoms with E-state index in [-0.39, 0.29) is 24.0 Å². The van der Waals surface area contributed by atoms with Crippen molar-refractivity contribution in [1.29, 1.82) is 0 Å². The molecule has 6 nitrogen and oxygen atoms in total. The molecule has 0 spiro atoms. The molecule has 0 bridgehead atoms. The number of carbonyl (C=O) groups is 1. The number of nitrogens with zero attached hydrogens (tertiary/aromatic N) is 2. The first-order chi connectivity index (χ1) is 12.5. The van der Waals surface area contributed by atoms with Crippen LogP contribution in [0.2, 0.25) is 0 Å². The van der Waals surface area contributed by atoms with Gasteiger partial charge in [0.25, 0.3) is 5.91 Å². The molecule has 1 amide bonds. The summed E-state index contributed by atoms with van der Waals surface area (Å²) in [7, 11) is 1.71. The summed E-state index contributed by atoms with van der Waals surface area (Å²) in [6, 6.07) is 5.66. The lowest BCUT2D eigenvalue weighted by molar-refractivity contribution is 0.0195. The van der Waals surface area contributed by atoms with E-state index in [1.807, 2.05) is 0 Å². The summed E-state index contributed by atoms with van der Waals surface area (Å²) < 4.78 is 24.5. The topological polar surface area (TPSA) is 73.3 Å². The molecule has 1 aromatic heterocycles. The number of aromatic nitrogens is 2. The molecule has 0 unspecified atom stereocenters. The number of hydrogen-bond acceptors (Lipinski definition) is 5. The third-order valence-electron chi connectivity index (χ3n) is 4.49. The number of benzene rings is 1. The van der Waals surface area contributed by atoms with Gasteiger partial charge in [-0.15, -0.1) is 0 Å². The van der Waals surface area contributed by atoms with Gasteiger partial charge in [-0.2, -0.15) is 4.98 Å². The summed E-state index contributed by atoms with van der Waals surface area (Å²) in [5.41, 5.74) is 0.916. The number of ether oxygens (including phenoxy) is 2. The average Bonchev–Trinajstić information content (AvgIpc) is 2.62. The number of amides is 1. The van der Waals surface area contributed by atoms with Crippen LogP contribution >= 0.6 is 0 Å². The number of methoxy groups -OCH3 is 1. The minimum Gasteiger partial charge on any atom is -0.474 e. The van der Waals surface area contributed by atoms with Crippen molar-refractivity contribution in [3.8, 4) is 5.88 Å². The van der Waals surface area contributed by atoms with Crippen molar-refractivity contribution in [1.82, 2.24) is 9.97 Å². The molecule has 1 fully saturated rings. The molecule has 7 heteroatoms. The summed E-state index contributed by atoms with van der Waals surface area (Å²) in [5.74, 6) is -0.215. The predicted octanol–water partition coefficient (Wildman–Crippen LogP) is 3.51. The average molecular weight is 359 g/mol. The van der Waals surface area contributed by atoms with Gasteiger partial charge in [0, 0.05) is 31.4 Å². The first kappa shape index (κ1) is 18.3. The third-order valence-corrected chi connectivity index (χ3v) is 4.49. The summed E-state index contributed by atoms with van der Waals surface area (Å²) >= 11 is 0. The number of anilines is 1. The Labute approximate surface area is 151 Å². The van der Waals surface area contributed by atoms with Crippen LogP contribution in [0.3, 0.4) is 0 Å². The van der Waals surface area contributed by atoms with Crippen LogP contribution in [0.4, 0.5) is 10.3 Å². The zero-order valence-electron chi connectivity index (χ0n) is 14.9. The number of rotatable bonds is 5. The fraction of sp³-hybridized carbons (Fsp3) is 0.421. The van der Waals surface area contributed by atoms with Gasteiger partial charge in [0.1, 0.15) is 11.9 Å². The fourth-order valence-electron chi connectivity index (χ4n) is 3.11. The van der Waals surface area contributed by atoms with E-state index in [1.165, 1.54) is 24.4 Å². The molecule has 1 N–H and O–H groups in total. The Morgan fingerprint density at radius 2 is 2.08 bits per heavy atom. The first-order valence-corrected chi connectivity index (χ1v) is 8.65. The van der Waals surface area contributed by atoms with Gasteiger partial charge < -0.3 is 9.47 Å². The summed E-state index contributed by atoms with van der Waals surface area (Å²) in [6.07, 6.45) is 5.62. The highest BCUT2D eigenvalue weighted by Gasteiger charge is 2.23. The van der Waals surface area contributed by atoms with E-state index in [2.05, 4.69) is 15.3 Å². The van der Waals surface area contributed by atoms with Gasteiger partial charge in [-0.05, 0) is 49.9 Å². The van der Waals surface area contributed by atoms with Crippen molar-refractivity contribution in [3.05, 3.63) is 47.4 Å². The van der Waals surface area contributed by atoms with Crippen LogP contribution in [-0.2, 0) is 4.74 Å². The highest BCUT2D eigenvalue weighted by molar-refractivity contribution is 6.04. The lowest BCUT2D eigenvalue weighted by Gasteiger charge is -2.28. The molecule has 3 rings (SSSR count). The van der Waals surface area contributed by atoms with Crippen LogP contribution in [-0.4, -0.2) is 35.2 Å². The Bertz CT molecular complexity index is 784. The molecule has 1 aliphatic rings. The van der Waals surface area contributed by atoms with Crippen LogP contribution in [0.15, 0.2) is 30.5 Å². The van der Waals surface area contributed by atoms with E-state index in [0.717, 1.165) is 25.7 Å². The molecule has 2 aromatic rings. The van der Waals surface area contributed by atoms with Gasteiger partial charge in [-0.1, -0.05) is 0 Å². The minimum absolute atomic E-state index is 0.0338. The van der Waals surface area contributed by atoms with E-state index >= 15 is 0 Å². The second-order valence-corrected chi connectivity index (χ2v) is 6.40. The zero-order chi connectivity index (χ0) is 18.5. The number of aryl methyl sites for hydroxylation is 1. The quantitative estimate of drug-likeness (QED) is 0.884. The molecular weight excluding hydrogens is 337 g/mol. The number of hydrogen-bond donors (Lipinski definition) is 1. The lowest BCUT2D eigenvalue weighted by atomic mass is 9.95. The molecule has 1 aromatic carbocycles. The molecule has 1 saturated carbocycles. The van der Waals surface area contributed by atoms with Gasteiger partial charge in [-0.25, -0.2) is 9.37 Å². The maximum absolute atomic E-state index is 13.2. The molecule has 26 heavy (non-hydrogen) atoms. The number of halogens is 1. The normalized spacial score (nSPS) is 19.8. The summed E-state index contributed by atoms with van der Waals surface area (Å²) in [4.78, 5) is 20.7. The number of carbonyl (C=O) groups excluding carboxylic acids is 1. The van der Waals surface area contributed by atoms with Crippen LogP contribution in [0.1, 0.15) is 41.6 Å². The van der Waals surface area contributed by atoms with Crippen molar-refractivity contribution in [2.24, 2.45) is 0 Å². The smallest absolute Gasteiger partial charge is 0.258 e. The van der Waals surface area contributed by atoms with Gasteiger partial charge in [0.2, 0.25) is 11.8 Å². The second-order valence-electron chi connectivity index (χ2n) is 6.40. The maximum atomic E-state index is 13.2. The molecule has 1 heterocycles. The lowest BCUT2D eigenvalue weighted by Crippen LogP contribution is -2.29. The molecule has 2 atom stereocenters. The number of nitrogens with one attached hydrogen (secondary N) is 1. The molecular formula is C19H22FN3O3. The Kier molecular flexibility index (Phi) is 5.78. The maximum Gasteiger partial charge on any atom is 0.258 e. The molecule has 138 valence electrons. The SMILES string of the molecule is CO[C@@H]1CCC[C@@H](Oc2ccnc(NC(=O)c3ccc(F)cc3C)n2)C1. The van der Waals surface area contributed by atoms with Crippen molar-refractivity contribution in [2.75, 3.05) is 12.4 Å². The summed E-state index contributed by atoms with van der Waals surface area (Å²) in [5, 5.41) is 2.63. The van der Waals surface area contributed by atoms with E-state index in [9.17, 15) is 9.18 Å². The monoisotopic (exact) mass is 359 g/mol. The van der Waals surface area contributed by atoms with Crippen LogP contribution in [0.5, 0.6) is 5.88 Å². The van der Waals surface area contributed by atoms with Gasteiger partial charge in [0.15, 0.2) is 0 Å². The van der Waals surface area contributed by atoms with Gasteiger partial charge in [0.05, 0.1) is 6.10 Å². The third kappa shape index (κ3) is 4.54. The van der Waals surface area contributed by atoms with E-state index in [1.54, 1.807) is 20.1 Å². The Hall–Kier alpha value is -2.54. The van der Waals surface area contributed by atoms with Gasteiger partial charge in [-0.3, -0.25) is 10.1 Å². The van der Waals surface area contributed by atoms with E-state index in [0.29, 0.717) is 17.0 Å². The summed E-state index contributed by atoms with van der Waals surface area (Å²) in [6.45, 7) is 1.67. The minimum atomic E-state index is -0.392. The van der Waals surface area contributed by atoms with Gasteiger partial charge >= 0.3 is 0 Å². The Morgan fingerprint density at radius 3 is 2.85 bits per heavy atom. The van der Waals surface area contributed by atoms with Crippen molar-refractivity contribution in [2.45, 2.75) is 44.8 Å². The highest BCUT2D eigenvalue weighted by Crippen LogP contribution is 2.24. The molecule has 0 saturated heterocycles. The van der Waals surface area contributed by atoms with Crippen LogP contribution in [0, 0.1) is 12.7 Å². The molecule has 0 radical (unpaired) electrons. The van der Waals surface area contributed by atoms with Crippen molar-refractivity contribution < 1.29 is 18.7 Å². The highest BCUT2D eigenvalue weighted by atomic mass is 19.1. The standard InChI is InChI=1S/C19H22FN3O3/c1-12-10-13(20)6-7-16(12)18(24)23-19-21-9-8-17(22-19)26-15-5-3-4-14(11-15)25-2/h6-10,14-15H,3-5,11H2,1-2H3,(H,21,22,23,24)/t14-,15-/m1/s1. The molecule has 1 aliphatic carbocycles. The van der Waals surface area contributed by atoms with Crippen molar-refractivity contribution in [3.63, 3.8) is 0 Å². The fourth-order valence-corrected chi connectivity index (χ4v) is 3.11. The Balaban J connectivity index is 1.66. The van der Waals surface area contributed by atoms with E-state index < -0.39 is 5.91 Å². The first-order valence-electron chi connectivity index (χ1n) is 8.65. The van der Waals surface area contributed by atoms with Crippen LogP contribution < -0.4 is 10.1 Å². The predicted molar refractivity (Wildman–Crippen MR) is 94.8 cm³/mol. The second kappa shape index (κ2) is 8.23. The largest absolute Gasteiger partial charge is 0.474 e. The Morgan fingerprint density at radius 1 is 1.27 bits per heavy atom. The zero-order valence-corrected chi connectivity index (χ0v) is 14.9. The van der Waals surface area contributed by atoms with Crippen molar-refractivity contribution >= 4 is 11.9 Å². The molecule has 0 aliphatic heterocycles.